The van der Waals surface area contributed by atoms with Crippen molar-refractivity contribution in [1.29, 1.82) is 0 Å². The molecule has 0 aromatic carbocycles. The highest BCUT2D eigenvalue weighted by Gasteiger charge is 2.48. The summed E-state index contributed by atoms with van der Waals surface area (Å²) in [6.45, 7) is 4.39. The van der Waals surface area contributed by atoms with E-state index in [0.29, 0.717) is 192 Å². The maximum atomic E-state index is 16.2. The third kappa shape index (κ3) is 18.8. The summed E-state index contributed by atoms with van der Waals surface area (Å²) in [7, 11) is 0. The number of allylic oxidation sites excluding steroid dienone is 2. The van der Waals surface area contributed by atoms with Gasteiger partial charge < -0.3 is 45.8 Å². The topological polar surface area (TPSA) is 282 Å². The lowest BCUT2D eigenvalue weighted by molar-refractivity contribution is -0.194. The van der Waals surface area contributed by atoms with E-state index < -0.39 is 73.4 Å². The summed E-state index contributed by atoms with van der Waals surface area (Å²) in [6, 6.07) is 7.47. The predicted octanol–water partition coefficient (Wildman–Crippen LogP) is 23.8. The molecule has 714 valence electrons. The standard InChI is InChI=1S/C25H26F3N5O3.C23H22F5N5O.C23H21F4N5O.C23H22F3N5O2/c1-15-21(16(2)36-31-15)17-9-20-22(29-10-17)19(18-11-30-33(12-18)23(26)27)13-32(20)14-24(28)3-5-25(6-4-24)34-7-8-35-25;1-13-19(14(2)34-31-13)15-7-18-20(29-8-15)17(16-9-30-33(10-16)21(24)25)11-32(18)12-22(26)3-5-23(27,28)6-4-22;1-13-20(14(2)33-30-13)15-7-19-21(28-8-15)18(16-9-29-32(10-16)22(25)26)11-31(19)12-23(27)5-3-17(24)4-6-23;1-13-20(14(2)33-29-13)15-7-19-21(27-8-15)18(16-9-28-31(10-16)22(24)25)11-30(19)12-23(26)5-3-17(32)4-6-23/h9-13,23H,3-8,14H2,1-2H3;7-11,21H,3-6,12H2,1-2H3;3,7-11,22H,4-6,12H2,1-2H3;7-11,22H,3-6,12H2,1-2H3. The molecule has 1 spiro atoms. The third-order valence-electron chi connectivity index (χ3n) is 26.2. The van der Waals surface area contributed by atoms with Crippen LogP contribution in [0.25, 0.3) is 133 Å². The average Bonchev–Trinajstić information content (AvgIpc) is 1.61. The number of aromatic nitrogens is 20. The molecule has 4 fully saturated rings. The van der Waals surface area contributed by atoms with E-state index in [1.165, 1.54) is 55.7 Å². The van der Waals surface area contributed by atoms with Gasteiger partial charge in [-0.15, -0.1) is 0 Å². The van der Waals surface area contributed by atoms with Crippen molar-refractivity contribution in [3.8, 4) is 89.0 Å². The minimum absolute atomic E-state index is 0.0248. The van der Waals surface area contributed by atoms with E-state index in [1.54, 1.807) is 97.0 Å². The molecule has 1 atom stereocenters. The van der Waals surface area contributed by atoms with Gasteiger partial charge in [-0.25, -0.2) is 49.5 Å². The second-order valence-electron chi connectivity index (χ2n) is 35.8. The molecule has 1 saturated heterocycles. The smallest absolute Gasteiger partial charge is 0.333 e. The summed E-state index contributed by atoms with van der Waals surface area (Å²) < 4.78 is 250. The lowest BCUT2D eigenvalue weighted by Crippen LogP contribution is -2.43. The summed E-state index contributed by atoms with van der Waals surface area (Å²) in [5.41, 5.74) is 11.2. The fraction of sp³-hybridized carbons (Fsp3) is 0.415. The van der Waals surface area contributed by atoms with Crippen LogP contribution in [-0.4, -0.2) is 151 Å². The third-order valence-corrected chi connectivity index (χ3v) is 26.2. The van der Waals surface area contributed by atoms with E-state index in [-0.39, 0.29) is 95.6 Å². The lowest BCUT2D eigenvalue weighted by Gasteiger charge is -2.39. The number of alkyl halides is 14. The zero-order valence-corrected chi connectivity index (χ0v) is 74.8. The van der Waals surface area contributed by atoms with E-state index >= 15 is 17.6 Å². The summed E-state index contributed by atoms with van der Waals surface area (Å²) in [6.07, 6.45) is 25.8. The van der Waals surface area contributed by atoms with Crippen molar-refractivity contribution in [3.05, 3.63) is 181 Å². The van der Waals surface area contributed by atoms with E-state index in [9.17, 15) is 53.1 Å². The van der Waals surface area contributed by atoms with Crippen LogP contribution < -0.4 is 0 Å². The Kier molecular flexibility index (Phi) is 24.9. The quantitative estimate of drug-likeness (QED) is 0.0641. The van der Waals surface area contributed by atoms with Crippen LogP contribution in [-0.2, 0) is 40.4 Å². The molecule has 3 saturated carbocycles. The Balaban J connectivity index is 0.000000121. The van der Waals surface area contributed by atoms with Crippen molar-refractivity contribution in [2.45, 2.75) is 238 Å². The van der Waals surface area contributed by atoms with Crippen LogP contribution in [0.1, 0.15) is 168 Å². The maximum absolute atomic E-state index is 16.2. The largest absolute Gasteiger partial charge is 0.361 e. The number of pyridine rings is 4. The maximum Gasteiger partial charge on any atom is 0.333 e. The summed E-state index contributed by atoms with van der Waals surface area (Å²) in [5.74, 6) is -1.25. The highest BCUT2D eigenvalue weighted by atomic mass is 19.3. The number of nitrogens with zero attached hydrogens (tertiary/aromatic N) is 20. The van der Waals surface area contributed by atoms with Crippen LogP contribution in [0.3, 0.4) is 0 Å². The van der Waals surface area contributed by atoms with Crippen LogP contribution >= 0.6 is 0 Å². The Labute approximate surface area is 764 Å². The first-order valence-electron chi connectivity index (χ1n) is 44.1. The van der Waals surface area contributed by atoms with Gasteiger partial charge in [0.2, 0.25) is 5.92 Å². The van der Waals surface area contributed by atoms with Crippen molar-refractivity contribution in [2.24, 2.45) is 0 Å². The van der Waals surface area contributed by atoms with Crippen LogP contribution in [0, 0.1) is 55.4 Å². The van der Waals surface area contributed by atoms with Crippen LogP contribution in [0.2, 0.25) is 0 Å². The number of ketones is 1. The number of aryl methyl sites for hydroxylation is 8. The number of hydrogen-bond donors (Lipinski definition) is 0. The van der Waals surface area contributed by atoms with Gasteiger partial charge in [-0.2, -0.15) is 55.5 Å². The van der Waals surface area contributed by atoms with E-state index in [2.05, 4.69) is 61.0 Å². The first-order chi connectivity index (χ1) is 64.8. The summed E-state index contributed by atoms with van der Waals surface area (Å²) in [4.78, 5) is 30.0. The summed E-state index contributed by atoms with van der Waals surface area (Å²) in [5, 5.41) is 30.9. The zero-order chi connectivity index (χ0) is 96.0. The van der Waals surface area contributed by atoms with Gasteiger partial charge in [0.1, 0.15) is 51.5 Å². The number of hydrogen-bond acceptors (Lipinski definition) is 19. The molecule has 17 heterocycles. The molecule has 42 heteroatoms. The molecule has 136 heavy (non-hydrogen) atoms. The molecule has 27 nitrogen and oxygen atoms in total. The molecule has 5 aliphatic rings. The van der Waals surface area contributed by atoms with Gasteiger partial charge in [0.25, 0.3) is 0 Å². The second-order valence-corrected chi connectivity index (χ2v) is 35.8. The van der Waals surface area contributed by atoms with Crippen LogP contribution in [0.5, 0.6) is 0 Å². The molecule has 1 unspecified atom stereocenters. The van der Waals surface area contributed by atoms with Crippen LogP contribution in [0.15, 0.2) is 153 Å². The van der Waals surface area contributed by atoms with E-state index in [4.69, 9.17) is 27.6 Å². The highest BCUT2D eigenvalue weighted by molar-refractivity contribution is 5.98. The first kappa shape index (κ1) is 93.1. The molecule has 0 bridgehead atoms. The monoisotopic (exact) mass is 1900 g/mol. The highest BCUT2D eigenvalue weighted by Crippen LogP contribution is 2.49. The fourth-order valence-electron chi connectivity index (χ4n) is 19.1. The minimum Gasteiger partial charge on any atom is -0.361 e. The number of fused-ring (bicyclic) bond motifs is 4. The molecule has 16 aromatic rings. The van der Waals surface area contributed by atoms with Gasteiger partial charge in [-0.3, -0.25) is 24.7 Å². The van der Waals surface area contributed by atoms with Crippen molar-refractivity contribution < 1.29 is 98.2 Å². The van der Waals surface area contributed by atoms with Crippen molar-refractivity contribution in [1.82, 2.24) is 98.0 Å². The van der Waals surface area contributed by atoms with E-state index in [0.717, 1.165) is 44.6 Å². The summed E-state index contributed by atoms with van der Waals surface area (Å²) >= 11 is 0. The molecule has 16 aromatic heterocycles. The van der Waals surface area contributed by atoms with Gasteiger partial charge in [0.15, 0.2) is 5.79 Å². The Hall–Kier alpha value is -13.3. The predicted molar refractivity (Wildman–Crippen MR) is 467 cm³/mol. The van der Waals surface area contributed by atoms with Gasteiger partial charge in [-0.1, -0.05) is 20.6 Å². The van der Waals surface area contributed by atoms with Crippen molar-refractivity contribution >= 4 is 49.9 Å². The normalized spacial score (nSPS) is 18.7. The Morgan fingerprint density at radius 1 is 0.338 bits per heavy atom. The number of Topliss-reactive ketones (excluding diaryl/α,β-unsaturated/α-hetero) is 1. The molecule has 21 rings (SSSR count). The Bertz CT molecular complexity index is 7060. The van der Waals surface area contributed by atoms with E-state index in [1.807, 2.05) is 50.5 Å². The molecule has 0 amide bonds. The van der Waals surface area contributed by atoms with Crippen molar-refractivity contribution in [2.75, 3.05) is 13.2 Å². The number of carbonyl (C=O) groups is 1. The number of halogens is 15. The Morgan fingerprint density at radius 3 is 0.868 bits per heavy atom. The SMILES string of the molecule is Cc1noc(C)c1-c1cnc2c(-c3cnn(C(F)F)c3)cn(CC3(F)CC=C(F)CC3)c2c1.Cc1noc(C)c1-c1cnc2c(-c3cnn(C(F)F)c3)cn(CC3(F)CCC(=O)CC3)c2c1.Cc1noc(C)c1-c1cnc2c(-c3cnn(C(F)F)c3)cn(CC3(F)CCC(F)(F)CC3)c2c1.Cc1noc(C)c1-c1cnc2c(-c3cnn(C(F)F)c3)cn(CC3(F)CCC4(CC3)OCCO4)c2c1. The molecule has 0 radical (unpaired) electrons. The molecular formula is C94H91F15N20O7. The Morgan fingerprint density at radius 2 is 0.610 bits per heavy atom. The average molecular weight is 1900 g/mol. The first-order valence-corrected chi connectivity index (χ1v) is 44.1. The number of carbonyl (C=O) groups excluding carboxylic acids is 1. The number of rotatable bonds is 20. The fourth-order valence-corrected chi connectivity index (χ4v) is 19.1. The van der Waals surface area contributed by atoms with Gasteiger partial charge in [-0.05, 0) is 131 Å². The molecular weight excluding hydrogens is 1810 g/mol. The van der Waals surface area contributed by atoms with Gasteiger partial charge in [0.05, 0.1) is 137 Å². The van der Waals surface area contributed by atoms with Crippen molar-refractivity contribution in [3.63, 3.8) is 0 Å². The minimum atomic E-state index is -2.86. The second kappa shape index (κ2) is 36.4. The molecule has 0 N–H and O–H groups in total. The molecule has 4 aliphatic carbocycles. The lowest BCUT2D eigenvalue weighted by atomic mass is 9.82. The van der Waals surface area contributed by atoms with Crippen LogP contribution in [0.4, 0.5) is 65.9 Å². The number of ether oxygens (including phenoxy) is 2. The van der Waals surface area contributed by atoms with Gasteiger partial charge in [0, 0.05) is 215 Å². The zero-order valence-electron chi connectivity index (χ0n) is 74.8. The van der Waals surface area contributed by atoms with Gasteiger partial charge >= 0.3 is 26.2 Å². The molecule has 1 aliphatic heterocycles.